The minimum absolute atomic E-state index is 0.297. The quantitative estimate of drug-likeness (QED) is 0.559. The highest BCUT2D eigenvalue weighted by Crippen LogP contribution is 2.34. The van der Waals surface area contributed by atoms with E-state index in [-0.39, 0.29) is 4.92 Å². The summed E-state index contributed by atoms with van der Waals surface area (Å²) in [5, 5.41) is 21.0. The molecule has 0 radical (unpaired) electrons. The van der Waals surface area contributed by atoms with E-state index >= 15 is 0 Å². The third-order valence-electron chi connectivity index (χ3n) is 3.18. The fourth-order valence-electron chi connectivity index (χ4n) is 2.28. The molecule has 0 heterocycles. The van der Waals surface area contributed by atoms with Crippen molar-refractivity contribution in [1.29, 1.82) is 0 Å². The molecule has 2 atom stereocenters. The van der Waals surface area contributed by atoms with Crippen molar-refractivity contribution in [2.45, 2.75) is 63.5 Å². The summed E-state index contributed by atoms with van der Waals surface area (Å²) in [6, 6.07) is -0.734. The lowest BCUT2D eigenvalue weighted by Gasteiger charge is -2.34. The van der Waals surface area contributed by atoms with Gasteiger partial charge in [-0.1, -0.05) is 26.2 Å². The average Bonchev–Trinajstić information content (AvgIpc) is 2.15. The highest BCUT2D eigenvalue weighted by Gasteiger charge is 2.46. The summed E-state index contributed by atoms with van der Waals surface area (Å²) < 4.78 is 0. The van der Waals surface area contributed by atoms with Crippen molar-refractivity contribution in [3.63, 3.8) is 0 Å². The first-order valence-corrected chi connectivity index (χ1v) is 5.46. The maximum atomic E-state index is 10.8. The summed E-state index contributed by atoms with van der Waals surface area (Å²) in [4.78, 5) is 10.5. The van der Waals surface area contributed by atoms with Gasteiger partial charge in [0.1, 0.15) is 5.60 Å². The number of hydrogen-bond donors (Lipinski definition) is 1. The van der Waals surface area contributed by atoms with Crippen LogP contribution in [0.3, 0.4) is 0 Å². The van der Waals surface area contributed by atoms with Crippen LogP contribution in [0, 0.1) is 10.1 Å². The molecule has 14 heavy (non-hydrogen) atoms. The zero-order chi connectivity index (χ0) is 10.6. The molecular formula is C10H19NO3. The van der Waals surface area contributed by atoms with Crippen molar-refractivity contribution in [3.8, 4) is 0 Å². The van der Waals surface area contributed by atoms with Gasteiger partial charge in [0.05, 0.1) is 0 Å². The van der Waals surface area contributed by atoms with Gasteiger partial charge in [-0.3, -0.25) is 10.1 Å². The number of rotatable bonds is 4. The van der Waals surface area contributed by atoms with E-state index in [1.165, 1.54) is 0 Å². The third-order valence-corrected chi connectivity index (χ3v) is 3.18. The van der Waals surface area contributed by atoms with Crippen LogP contribution in [-0.4, -0.2) is 21.7 Å². The molecule has 1 aliphatic carbocycles. The van der Waals surface area contributed by atoms with E-state index in [0.717, 1.165) is 25.7 Å². The molecule has 4 nitrogen and oxygen atoms in total. The van der Waals surface area contributed by atoms with E-state index < -0.39 is 11.6 Å². The van der Waals surface area contributed by atoms with Crippen molar-refractivity contribution < 1.29 is 10.0 Å². The van der Waals surface area contributed by atoms with Crippen LogP contribution in [0.5, 0.6) is 0 Å². The van der Waals surface area contributed by atoms with Crippen LogP contribution < -0.4 is 0 Å². The molecule has 4 heteroatoms. The average molecular weight is 201 g/mol. The van der Waals surface area contributed by atoms with Crippen LogP contribution in [0.25, 0.3) is 0 Å². The standard InChI is InChI=1S/C10H19NO3/c1-2-3-7-10(12)8-5-4-6-9(10)11(13)14/h9,12H,2-8H2,1H3/t9-,10+/m0/s1. The number of aliphatic hydroxyl groups is 1. The van der Waals surface area contributed by atoms with E-state index in [2.05, 4.69) is 0 Å². The molecule has 0 unspecified atom stereocenters. The van der Waals surface area contributed by atoms with Gasteiger partial charge in [-0.15, -0.1) is 0 Å². The maximum Gasteiger partial charge on any atom is 0.241 e. The lowest BCUT2D eigenvalue weighted by molar-refractivity contribution is -0.550. The van der Waals surface area contributed by atoms with E-state index in [1.54, 1.807) is 0 Å². The second-order valence-corrected chi connectivity index (χ2v) is 4.25. The van der Waals surface area contributed by atoms with E-state index in [0.29, 0.717) is 19.3 Å². The fraction of sp³-hybridized carbons (Fsp3) is 1.00. The lowest BCUT2D eigenvalue weighted by Crippen LogP contribution is -2.49. The molecule has 0 bridgehead atoms. The zero-order valence-electron chi connectivity index (χ0n) is 8.74. The first-order chi connectivity index (χ1) is 6.60. The van der Waals surface area contributed by atoms with Crippen LogP contribution >= 0.6 is 0 Å². The van der Waals surface area contributed by atoms with E-state index in [4.69, 9.17) is 0 Å². The van der Waals surface area contributed by atoms with Crippen LogP contribution in [0.4, 0.5) is 0 Å². The topological polar surface area (TPSA) is 63.4 Å². The number of nitro groups is 1. The molecule has 1 N–H and O–H groups in total. The zero-order valence-corrected chi connectivity index (χ0v) is 8.74. The van der Waals surface area contributed by atoms with Gasteiger partial charge in [-0.25, -0.2) is 0 Å². The van der Waals surface area contributed by atoms with Crippen molar-refractivity contribution in [2.24, 2.45) is 0 Å². The third kappa shape index (κ3) is 2.44. The Hall–Kier alpha value is -0.640. The Morgan fingerprint density at radius 2 is 2.29 bits per heavy atom. The molecule has 1 fully saturated rings. The Morgan fingerprint density at radius 1 is 1.57 bits per heavy atom. The van der Waals surface area contributed by atoms with Gasteiger partial charge < -0.3 is 5.11 Å². The normalized spacial score (nSPS) is 32.9. The summed E-state index contributed by atoms with van der Waals surface area (Å²) in [5.74, 6) is 0. The van der Waals surface area contributed by atoms with E-state index in [9.17, 15) is 15.2 Å². The predicted octanol–water partition coefficient (Wildman–Crippen LogP) is 2.13. The Bertz CT molecular complexity index is 208. The molecule has 0 spiro atoms. The summed E-state index contributed by atoms with van der Waals surface area (Å²) in [7, 11) is 0. The van der Waals surface area contributed by atoms with Gasteiger partial charge in [0.25, 0.3) is 0 Å². The summed E-state index contributed by atoms with van der Waals surface area (Å²) in [5.41, 5.74) is -1.03. The molecule has 0 aromatic rings. The van der Waals surface area contributed by atoms with Gasteiger partial charge in [0.2, 0.25) is 6.04 Å². The van der Waals surface area contributed by atoms with Crippen LogP contribution in [0.2, 0.25) is 0 Å². The van der Waals surface area contributed by atoms with Gasteiger partial charge >= 0.3 is 0 Å². The molecule has 1 rings (SSSR count). The summed E-state index contributed by atoms with van der Waals surface area (Å²) in [6.45, 7) is 2.04. The molecule has 82 valence electrons. The molecule has 0 saturated heterocycles. The summed E-state index contributed by atoms with van der Waals surface area (Å²) in [6.07, 6.45) is 5.36. The molecule has 0 aromatic carbocycles. The number of nitrogens with zero attached hydrogens (tertiary/aromatic N) is 1. The van der Waals surface area contributed by atoms with Gasteiger partial charge in [-0.05, 0) is 19.3 Å². The number of unbranched alkanes of at least 4 members (excludes halogenated alkanes) is 1. The first kappa shape index (κ1) is 11.4. The SMILES string of the molecule is CCCC[C@@]1(O)CCCC[C@@H]1[N+](=O)[O-]. The number of hydrogen-bond acceptors (Lipinski definition) is 3. The second-order valence-electron chi connectivity index (χ2n) is 4.25. The molecule has 0 aliphatic heterocycles. The highest BCUT2D eigenvalue weighted by molar-refractivity contribution is 4.90. The minimum atomic E-state index is -1.03. The smallest absolute Gasteiger partial charge is 0.241 e. The van der Waals surface area contributed by atoms with Crippen molar-refractivity contribution in [1.82, 2.24) is 0 Å². The van der Waals surface area contributed by atoms with Crippen molar-refractivity contribution >= 4 is 0 Å². The second kappa shape index (κ2) is 4.73. The fourth-order valence-corrected chi connectivity index (χ4v) is 2.28. The molecule has 1 aliphatic rings. The Labute approximate surface area is 84.5 Å². The monoisotopic (exact) mass is 201 g/mol. The summed E-state index contributed by atoms with van der Waals surface area (Å²) >= 11 is 0. The van der Waals surface area contributed by atoms with E-state index in [1.807, 2.05) is 6.92 Å². The Kier molecular flexibility index (Phi) is 3.86. The molecule has 0 amide bonds. The van der Waals surface area contributed by atoms with Crippen LogP contribution in [0.1, 0.15) is 51.9 Å². The lowest BCUT2D eigenvalue weighted by atomic mass is 9.77. The van der Waals surface area contributed by atoms with Gasteiger partial charge in [0.15, 0.2) is 0 Å². The first-order valence-electron chi connectivity index (χ1n) is 5.46. The Balaban J connectivity index is 2.64. The Morgan fingerprint density at radius 3 is 2.86 bits per heavy atom. The largest absolute Gasteiger partial charge is 0.383 e. The molecule has 1 saturated carbocycles. The van der Waals surface area contributed by atoms with Crippen molar-refractivity contribution in [3.05, 3.63) is 10.1 Å². The van der Waals surface area contributed by atoms with Crippen LogP contribution in [0.15, 0.2) is 0 Å². The highest BCUT2D eigenvalue weighted by atomic mass is 16.6. The minimum Gasteiger partial charge on any atom is -0.383 e. The molecule has 0 aromatic heterocycles. The maximum absolute atomic E-state index is 10.8. The van der Waals surface area contributed by atoms with Gasteiger partial charge in [0, 0.05) is 11.3 Å². The van der Waals surface area contributed by atoms with Crippen molar-refractivity contribution in [2.75, 3.05) is 0 Å². The van der Waals surface area contributed by atoms with Gasteiger partial charge in [-0.2, -0.15) is 0 Å². The predicted molar refractivity (Wildman–Crippen MR) is 53.7 cm³/mol. The molecular weight excluding hydrogens is 182 g/mol. The van der Waals surface area contributed by atoms with Crippen LogP contribution in [-0.2, 0) is 0 Å².